The lowest BCUT2D eigenvalue weighted by molar-refractivity contribution is -0.130. The van der Waals surface area contributed by atoms with Gasteiger partial charge in [-0.15, -0.1) is 0 Å². The summed E-state index contributed by atoms with van der Waals surface area (Å²) in [4.78, 5) is 14.2. The van der Waals surface area contributed by atoms with Gasteiger partial charge in [-0.1, -0.05) is 20.8 Å². The quantitative estimate of drug-likeness (QED) is 0.798. The monoisotopic (exact) mass is 238 g/mol. The fourth-order valence-electron chi connectivity index (χ4n) is 2.89. The van der Waals surface area contributed by atoms with Crippen LogP contribution in [0.25, 0.3) is 0 Å². The number of hydrogen-bond acceptors (Lipinski definition) is 2. The normalized spacial score (nSPS) is 29.2. The maximum absolute atomic E-state index is 12.1. The van der Waals surface area contributed by atoms with Crippen molar-refractivity contribution in [2.24, 2.45) is 11.3 Å². The Hall–Kier alpha value is -0.570. The average Bonchev–Trinajstić information content (AvgIpc) is 2.68. The lowest BCUT2D eigenvalue weighted by Gasteiger charge is -2.24. The number of nitrogens with zero attached hydrogens (tertiary/aromatic N) is 1. The first-order valence-electron chi connectivity index (χ1n) is 6.97. The molecule has 1 N–H and O–H groups in total. The summed E-state index contributed by atoms with van der Waals surface area (Å²) in [7, 11) is 0. The fourth-order valence-corrected chi connectivity index (χ4v) is 2.89. The van der Waals surface area contributed by atoms with Crippen LogP contribution < -0.4 is 5.32 Å². The van der Waals surface area contributed by atoms with Crippen LogP contribution in [-0.2, 0) is 4.79 Å². The molecule has 17 heavy (non-hydrogen) atoms. The van der Waals surface area contributed by atoms with E-state index in [-0.39, 0.29) is 5.41 Å². The van der Waals surface area contributed by atoms with Crippen LogP contribution in [0, 0.1) is 11.3 Å². The maximum atomic E-state index is 12.1. The standard InChI is InChI=1S/C14H26N2O/c1-14(2,3)7-6-13(17)16-9-11-5-4-8-15-12(11)10-16/h11-12,15H,4-10H2,1-3H3/t11-,12+/m0/s1. The van der Waals surface area contributed by atoms with Gasteiger partial charge in [0.1, 0.15) is 0 Å². The Morgan fingerprint density at radius 1 is 1.35 bits per heavy atom. The van der Waals surface area contributed by atoms with Crippen LogP contribution >= 0.6 is 0 Å². The zero-order chi connectivity index (χ0) is 12.5. The van der Waals surface area contributed by atoms with Gasteiger partial charge in [0.25, 0.3) is 0 Å². The van der Waals surface area contributed by atoms with Crippen molar-refractivity contribution in [2.75, 3.05) is 19.6 Å². The predicted molar refractivity (Wildman–Crippen MR) is 69.8 cm³/mol. The van der Waals surface area contributed by atoms with Gasteiger partial charge >= 0.3 is 0 Å². The van der Waals surface area contributed by atoms with E-state index in [4.69, 9.17) is 0 Å². The van der Waals surface area contributed by atoms with Gasteiger partial charge in [0, 0.05) is 25.6 Å². The summed E-state index contributed by atoms with van der Waals surface area (Å²) >= 11 is 0. The summed E-state index contributed by atoms with van der Waals surface area (Å²) in [6, 6.07) is 0.572. The van der Waals surface area contributed by atoms with Gasteiger partial charge in [-0.25, -0.2) is 0 Å². The highest BCUT2D eigenvalue weighted by molar-refractivity contribution is 5.76. The van der Waals surface area contributed by atoms with Crippen LogP contribution in [0.2, 0.25) is 0 Å². The van der Waals surface area contributed by atoms with Gasteiger partial charge in [-0.3, -0.25) is 4.79 Å². The molecule has 1 amide bonds. The molecular weight excluding hydrogens is 212 g/mol. The molecule has 0 aromatic rings. The Morgan fingerprint density at radius 3 is 2.76 bits per heavy atom. The third-order valence-corrected chi connectivity index (χ3v) is 4.04. The van der Waals surface area contributed by atoms with E-state index in [0.717, 1.165) is 26.1 Å². The van der Waals surface area contributed by atoms with Crippen molar-refractivity contribution in [2.45, 2.75) is 52.5 Å². The van der Waals surface area contributed by atoms with Crippen LogP contribution in [0.3, 0.4) is 0 Å². The molecule has 3 nitrogen and oxygen atoms in total. The minimum atomic E-state index is 0.264. The molecule has 0 aromatic heterocycles. The fraction of sp³-hybridized carbons (Fsp3) is 0.929. The second-order valence-electron chi connectivity index (χ2n) is 6.82. The molecule has 2 atom stereocenters. The molecule has 2 aliphatic rings. The van der Waals surface area contributed by atoms with Crippen LogP contribution in [0.1, 0.15) is 46.5 Å². The number of carbonyl (C=O) groups excluding carboxylic acids is 1. The van der Waals surface area contributed by atoms with Crippen molar-refractivity contribution in [3.05, 3.63) is 0 Å². The molecule has 2 saturated heterocycles. The van der Waals surface area contributed by atoms with E-state index in [1.807, 2.05) is 0 Å². The molecule has 0 radical (unpaired) electrons. The molecule has 2 heterocycles. The van der Waals surface area contributed by atoms with Crippen molar-refractivity contribution >= 4 is 5.91 Å². The summed E-state index contributed by atoms with van der Waals surface area (Å²) in [5.74, 6) is 1.07. The average molecular weight is 238 g/mol. The van der Waals surface area contributed by atoms with Crippen molar-refractivity contribution < 1.29 is 4.79 Å². The molecule has 2 rings (SSSR count). The Labute approximate surface area is 105 Å². The molecule has 0 aromatic carbocycles. The van der Waals surface area contributed by atoms with Crippen LogP contribution in [0.4, 0.5) is 0 Å². The zero-order valence-corrected chi connectivity index (χ0v) is 11.5. The molecule has 98 valence electrons. The number of hydrogen-bond donors (Lipinski definition) is 1. The Balaban J connectivity index is 1.81. The van der Waals surface area contributed by atoms with E-state index in [0.29, 0.717) is 24.3 Å². The topological polar surface area (TPSA) is 32.3 Å². The lowest BCUT2D eigenvalue weighted by atomic mass is 9.90. The van der Waals surface area contributed by atoms with E-state index in [1.54, 1.807) is 0 Å². The third kappa shape index (κ3) is 3.44. The zero-order valence-electron chi connectivity index (χ0n) is 11.5. The largest absolute Gasteiger partial charge is 0.341 e. The van der Waals surface area contributed by atoms with Crippen LogP contribution in [0.5, 0.6) is 0 Å². The number of piperidine rings is 1. The summed E-state index contributed by atoms with van der Waals surface area (Å²) in [6.45, 7) is 9.66. The molecule has 0 aliphatic carbocycles. The summed E-state index contributed by atoms with van der Waals surface area (Å²) in [5.41, 5.74) is 0.264. The number of carbonyl (C=O) groups is 1. The maximum Gasteiger partial charge on any atom is 0.222 e. The molecule has 0 unspecified atom stereocenters. The Morgan fingerprint density at radius 2 is 2.12 bits per heavy atom. The van der Waals surface area contributed by atoms with E-state index < -0.39 is 0 Å². The lowest BCUT2D eigenvalue weighted by Crippen LogP contribution is -2.41. The molecule has 2 aliphatic heterocycles. The van der Waals surface area contributed by atoms with Crippen molar-refractivity contribution in [1.29, 1.82) is 0 Å². The smallest absolute Gasteiger partial charge is 0.222 e. The van der Waals surface area contributed by atoms with E-state index >= 15 is 0 Å². The Bertz CT molecular complexity index is 268. The highest BCUT2D eigenvalue weighted by Gasteiger charge is 2.36. The SMILES string of the molecule is CC(C)(C)CCC(=O)N1C[C@@H]2CCCN[C@@H]2C1. The first-order valence-corrected chi connectivity index (χ1v) is 6.97. The highest BCUT2D eigenvalue weighted by Crippen LogP contribution is 2.27. The minimum absolute atomic E-state index is 0.264. The number of fused-ring (bicyclic) bond motifs is 1. The number of likely N-dealkylation sites (tertiary alicyclic amines) is 1. The van der Waals surface area contributed by atoms with Gasteiger partial charge in [-0.2, -0.15) is 0 Å². The molecule has 2 fully saturated rings. The second kappa shape index (κ2) is 4.97. The predicted octanol–water partition coefficient (Wildman–Crippen LogP) is 2.02. The van der Waals surface area contributed by atoms with E-state index in [9.17, 15) is 4.79 Å². The van der Waals surface area contributed by atoms with Gasteiger partial charge in [0.05, 0.1) is 0 Å². The van der Waals surface area contributed by atoms with Crippen molar-refractivity contribution in [3.63, 3.8) is 0 Å². The first-order chi connectivity index (χ1) is 7.96. The molecular formula is C14H26N2O. The van der Waals surface area contributed by atoms with Crippen LogP contribution in [0.15, 0.2) is 0 Å². The third-order valence-electron chi connectivity index (χ3n) is 4.04. The number of amides is 1. The molecule has 0 saturated carbocycles. The van der Waals surface area contributed by atoms with Gasteiger partial charge in [0.2, 0.25) is 5.91 Å². The van der Waals surface area contributed by atoms with Crippen molar-refractivity contribution in [3.8, 4) is 0 Å². The Kier molecular flexibility index (Phi) is 3.76. The second-order valence-corrected chi connectivity index (χ2v) is 6.82. The molecule has 3 heteroatoms. The first kappa shape index (κ1) is 12.9. The summed E-state index contributed by atoms with van der Waals surface area (Å²) in [5, 5.41) is 3.54. The number of nitrogens with one attached hydrogen (secondary N) is 1. The highest BCUT2D eigenvalue weighted by atomic mass is 16.2. The van der Waals surface area contributed by atoms with Gasteiger partial charge < -0.3 is 10.2 Å². The van der Waals surface area contributed by atoms with Crippen molar-refractivity contribution in [1.82, 2.24) is 10.2 Å². The summed E-state index contributed by atoms with van der Waals surface area (Å²) in [6.07, 6.45) is 4.26. The van der Waals surface area contributed by atoms with Gasteiger partial charge in [-0.05, 0) is 37.1 Å². The van der Waals surface area contributed by atoms with E-state index in [2.05, 4.69) is 31.0 Å². The minimum Gasteiger partial charge on any atom is -0.341 e. The van der Waals surface area contributed by atoms with Gasteiger partial charge in [0.15, 0.2) is 0 Å². The number of rotatable bonds is 2. The summed E-state index contributed by atoms with van der Waals surface area (Å²) < 4.78 is 0. The molecule has 0 spiro atoms. The van der Waals surface area contributed by atoms with E-state index in [1.165, 1.54) is 12.8 Å². The molecule has 0 bridgehead atoms. The van der Waals surface area contributed by atoms with Crippen LogP contribution in [-0.4, -0.2) is 36.5 Å².